The first-order valence-electron chi connectivity index (χ1n) is 5.72. The molecule has 0 atom stereocenters. The molecule has 0 spiro atoms. The van der Waals surface area contributed by atoms with Crippen LogP contribution < -0.4 is 4.74 Å². The van der Waals surface area contributed by atoms with Gasteiger partial charge >= 0.3 is 12.2 Å². The number of hydrogen-bond donors (Lipinski definition) is 0. The van der Waals surface area contributed by atoms with E-state index in [1.165, 1.54) is 0 Å². The van der Waals surface area contributed by atoms with Crippen LogP contribution in [0.25, 0.3) is 11.4 Å². The average molecular weight is 322 g/mol. The minimum Gasteiger partial charge on any atom is -0.464 e. The van der Waals surface area contributed by atoms with Gasteiger partial charge in [0.15, 0.2) is 5.82 Å². The van der Waals surface area contributed by atoms with E-state index in [1.807, 2.05) is 0 Å². The van der Waals surface area contributed by atoms with Crippen molar-refractivity contribution in [3.63, 3.8) is 0 Å². The molecule has 0 saturated heterocycles. The van der Waals surface area contributed by atoms with Gasteiger partial charge in [0.1, 0.15) is 5.82 Å². The molecule has 2 aromatic rings. The summed E-state index contributed by atoms with van der Waals surface area (Å²) in [6.45, 7) is 1.95. The monoisotopic (exact) mass is 321 g/mol. The summed E-state index contributed by atoms with van der Waals surface area (Å²) in [7, 11) is 0. The Morgan fingerprint density at radius 1 is 1.19 bits per heavy atom. The second-order valence-electron chi connectivity index (χ2n) is 3.84. The fourth-order valence-electron chi connectivity index (χ4n) is 1.54. The summed E-state index contributed by atoms with van der Waals surface area (Å²) in [5.41, 5.74) is -1.33. The van der Waals surface area contributed by atoms with Crippen LogP contribution in [0.4, 0.5) is 17.6 Å². The van der Waals surface area contributed by atoms with Crippen LogP contribution in [0.5, 0.6) is 6.01 Å². The van der Waals surface area contributed by atoms with Gasteiger partial charge in [-0.3, -0.25) is 0 Å². The fraction of sp³-hybridized carbons (Fsp3) is 0.250. The lowest BCUT2D eigenvalue weighted by Crippen LogP contribution is -2.08. The number of alkyl halides is 3. The zero-order valence-electron chi connectivity index (χ0n) is 10.6. The highest BCUT2D eigenvalue weighted by Crippen LogP contribution is 2.33. The molecule has 1 aromatic heterocycles. The third-order valence-corrected chi connectivity index (χ3v) is 2.56. The normalized spacial score (nSPS) is 11.5. The molecule has 0 aliphatic heterocycles. The number of ether oxygens (including phenoxy) is 1. The van der Waals surface area contributed by atoms with Crippen LogP contribution in [0.3, 0.4) is 0 Å². The van der Waals surface area contributed by atoms with E-state index in [4.69, 9.17) is 16.3 Å². The quantitative estimate of drug-likeness (QED) is 0.808. The molecular formula is C12H8ClF4N3O. The van der Waals surface area contributed by atoms with Gasteiger partial charge in [-0.15, -0.1) is 0 Å². The van der Waals surface area contributed by atoms with Crippen LogP contribution >= 0.6 is 11.6 Å². The molecular weight excluding hydrogens is 314 g/mol. The van der Waals surface area contributed by atoms with Gasteiger partial charge in [-0.2, -0.15) is 28.1 Å². The molecule has 0 aliphatic rings. The molecule has 0 saturated carbocycles. The maximum absolute atomic E-state index is 13.5. The molecule has 1 heterocycles. The Hall–Kier alpha value is -1.96. The smallest absolute Gasteiger partial charge is 0.419 e. The van der Waals surface area contributed by atoms with E-state index in [2.05, 4.69) is 15.0 Å². The van der Waals surface area contributed by atoms with Crippen molar-refractivity contribution in [1.82, 2.24) is 15.0 Å². The van der Waals surface area contributed by atoms with Crippen molar-refractivity contribution in [2.24, 2.45) is 0 Å². The Kier molecular flexibility index (Phi) is 4.26. The molecule has 0 amide bonds. The van der Waals surface area contributed by atoms with Gasteiger partial charge in [-0.25, -0.2) is 4.39 Å². The molecule has 9 heteroatoms. The van der Waals surface area contributed by atoms with Gasteiger partial charge < -0.3 is 4.74 Å². The van der Waals surface area contributed by atoms with Crippen molar-refractivity contribution in [3.8, 4) is 17.4 Å². The van der Waals surface area contributed by atoms with Crippen molar-refractivity contribution in [1.29, 1.82) is 0 Å². The lowest BCUT2D eigenvalue weighted by atomic mass is 10.1. The van der Waals surface area contributed by atoms with Crippen LogP contribution in [-0.4, -0.2) is 21.6 Å². The van der Waals surface area contributed by atoms with Crippen LogP contribution in [0.1, 0.15) is 12.5 Å². The zero-order valence-corrected chi connectivity index (χ0v) is 11.3. The fourth-order valence-corrected chi connectivity index (χ4v) is 1.69. The number of hydrogen-bond acceptors (Lipinski definition) is 4. The zero-order chi connectivity index (χ0) is 15.6. The highest BCUT2D eigenvalue weighted by molar-refractivity contribution is 6.28. The SMILES string of the molecule is CCOc1nc(Cl)nc(-c2ccc(C(F)(F)F)c(F)c2)n1. The number of nitrogens with zero attached hydrogens (tertiary/aromatic N) is 3. The van der Waals surface area contributed by atoms with Gasteiger partial charge in [0.25, 0.3) is 0 Å². The number of halogens is 5. The highest BCUT2D eigenvalue weighted by Gasteiger charge is 2.34. The largest absolute Gasteiger partial charge is 0.464 e. The number of benzene rings is 1. The first-order valence-corrected chi connectivity index (χ1v) is 6.10. The van der Waals surface area contributed by atoms with E-state index in [9.17, 15) is 17.6 Å². The van der Waals surface area contributed by atoms with Crippen LogP contribution in [0.15, 0.2) is 18.2 Å². The summed E-state index contributed by atoms with van der Waals surface area (Å²) in [6.07, 6.45) is -4.77. The molecule has 0 unspecified atom stereocenters. The van der Waals surface area contributed by atoms with Crippen LogP contribution in [0.2, 0.25) is 5.28 Å². The van der Waals surface area contributed by atoms with Crippen molar-refractivity contribution in [2.45, 2.75) is 13.1 Å². The third-order valence-electron chi connectivity index (χ3n) is 2.39. The molecule has 0 aliphatic carbocycles. The van der Waals surface area contributed by atoms with E-state index < -0.39 is 17.6 Å². The van der Waals surface area contributed by atoms with Crippen molar-refractivity contribution in [2.75, 3.05) is 6.61 Å². The van der Waals surface area contributed by atoms with Gasteiger partial charge in [-0.1, -0.05) is 6.07 Å². The summed E-state index contributed by atoms with van der Waals surface area (Å²) in [5.74, 6) is -1.50. The maximum atomic E-state index is 13.5. The first-order chi connectivity index (χ1) is 9.81. The topological polar surface area (TPSA) is 47.9 Å². The van der Waals surface area contributed by atoms with Crippen LogP contribution in [-0.2, 0) is 6.18 Å². The van der Waals surface area contributed by atoms with Crippen molar-refractivity contribution >= 4 is 11.6 Å². The average Bonchev–Trinajstić information content (AvgIpc) is 2.36. The van der Waals surface area contributed by atoms with Crippen molar-refractivity contribution in [3.05, 3.63) is 34.9 Å². The summed E-state index contributed by atoms with van der Waals surface area (Å²) < 4.78 is 56.0. The highest BCUT2D eigenvalue weighted by atomic mass is 35.5. The standard InChI is InChI=1S/C12H8ClF4N3O/c1-2-21-11-19-9(18-10(13)20-11)6-3-4-7(8(14)5-6)12(15,16)17/h3-5H,2H2,1H3. The summed E-state index contributed by atoms with van der Waals surface area (Å²) in [6, 6.07) is 2.26. The Balaban J connectivity index is 2.45. The summed E-state index contributed by atoms with van der Waals surface area (Å²) in [5, 5.41) is -0.205. The molecule has 0 radical (unpaired) electrons. The second kappa shape index (κ2) is 5.80. The molecule has 0 fully saturated rings. The van der Waals surface area contributed by atoms with Gasteiger partial charge in [0.05, 0.1) is 12.2 Å². The van der Waals surface area contributed by atoms with E-state index in [0.717, 1.165) is 6.07 Å². The number of rotatable bonds is 3. The Bertz CT molecular complexity index is 663. The van der Waals surface area contributed by atoms with E-state index in [0.29, 0.717) is 12.1 Å². The summed E-state index contributed by atoms with van der Waals surface area (Å²) in [4.78, 5) is 11.3. The lowest BCUT2D eigenvalue weighted by molar-refractivity contribution is -0.139. The summed E-state index contributed by atoms with van der Waals surface area (Å²) >= 11 is 5.66. The van der Waals surface area contributed by atoms with Gasteiger partial charge in [0, 0.05) is 5.56 Å². The lowest BCUT2D eigenvalue weighted by Gasteiger charge is -2.09. The molecule has 0 N–H and O–H groups in total. The van der Waals surface area contributed by atoms with E-state index >= 15 is 0 Å². The molecule has 21 heavy (non-hydrogen) atoms. The minimum absolute atomic E-state index is 0.0331. The van der Waals surface area contributed by atoms with Gasteiger partial charge in [0.2, 0.25) is 5.28 Å². The van der Waals surface area contributed by atoms with Crippen LogP contribution in [0, 0.1) is 5.82 Å². The Labute approximate surface area is 121 Å². The van der Waals surface area contributed by atoms with E-state index in [-0.39, 0.29) is 29.3 Å². The molecule has 4 nitrogen and oxygen atoms in total. The minimum atomic E-state index is -4.77. The predicted molar refractivity (Wildman–Crippen MR) is 66.4 cm³/mol. The predicted octanol–water partition coefficient (Wildman–Crippen LogP) is 3.75. The molecule has 1 aromatic carbocycles. The Morgan fingerprint density at radius 3 is 2.48 bits per heavy atom. The first kappa shape index (κ1) is 15.4. The van der Waals surface area contributed by atoms with E-state index in [1.54, 1.807) is 6.92 Å². The molecule has 2 rings (SSSR count). The van der Waals surface area contributed by atoms with Crippen molar-refractivity contribution < 1.29 is 22.3 Å². The maximum Gasteiger partial charge on any atom is 0.419 e. The Morgan fingerprint density at radius 2 is 1.90 bits per heavy atom. The van der Waals surface area contributed by atoms with Gasteiger partial charge in [-0.05, 0) is 30.7 Å². The second-order valence-corrected chi connectivity index (χ2v) is 4.17. The third kappa shape index (κ3) is 3.57. The molecule has 112 valence electrons. The number of aromatic nitrogens is 3. The molecule has 0 bridgehead atoms.